The molecule has 0 fully saturated rings. The summed E-state index contributed by atoms with van der Waals surface area (Å²) in [5.74, 6) is 0. The van der Waals surface area contributed by atoms with E-state index in [1.807, 2.05) is 0 Å². The van der Waals surface area contributed by atoms with Gasteiger partial charge in [0.25, 0.3) is 9.84 Å². The lowest BCUT2D eigenvalue weighted by molar-refractivity contribution is -0.112. The van der Waals surface area contributed by atoms with Crippen molar-refractivity contribution in [2.24, 2.45) is 0 Å². The van der Waals surface area contributed by atoms with Gasteiger partial charge in [0.1, 0.15) is 0 Å². The van der Waals surface area contributed by atoms with Crippen LogP contribution in [0.2, 0.25) is 0 Å². The average molecular weight is 192 g/mol. The van der Waals surface area contributed by atoms with E-state index in [4.69, 9.17) is 5.11 Å². The van der Waals surface area contributed by atoms with E-state index in [-0.39, 0.29) is 0 Å². The summed E-state index contributed by atoms with van der Waals surface area (Å²) in [6.45, 7) is 0. The lowest BCUT2D eigenvalue weighted by Crippen LogP contribution is -2.34. The van der Waals surface area contributed by atoms with Crippen molar-refractivity contribution in [1.29, 1.82) is 0 Å². The second kappa shape index (κ2) is 2.78. The van der Waals surface area contributed by atoms with Crippen LogP contribution in [-0.2, 0) is 14.6 Å². The summed E-state index contributed by atoms with van der Waals surface area (Å²) >= 11 is 0. The highest BCUT2D eigenvalue weighted by atomic mass is 32.2. The minimum atomic E-state index is -5.74. The smallest absolute Gasteiger partial charge is 0.371 e. The Morgan fingerprint density at radius 2 is 1.73 bits per heavy atom. The van der Waals surface area contributed by atoms with Crippen LogP contribution in [0.4, 0.5) is 13.2 Å². The molecule has 0 heterocycles. The summed E-state index contributed by atoms with van der Waals surface area (Å²) in [6.07, 6.45) is -0.706. The van der Waals surface area contributed by atoms with Gasteiger partial charge < -0.3 is 5.11 Å². The Morgan fingerprint density at radius 1 is 1.36 bits per heavy atom. The number of aliphatic hydroxyl groups excluding tert-OH is 1. The van der Waals surface area contributed by atoms with E-state index < -0.39 is 27.1 Å². The van der Waals surface area contributed by atoms with Crippen LogP contribution in [0, 0.1) is 0 Å². The highest BCUT2D eigenvalue weighted by molar-refractivity contribution is 7.93. The van der Waals surface area contributed by atoms with E-state index in [2.05, 4.69) is 0 Å². The molecular formula is C3H3F3O4S. The summed E-state index contributed by atoms with van der Waals surface area (Å²) < 4.78 is 54.0. The molecule has 66 valence electrons. The second-order valence-corrected chi connectivity index (χ2v) is 3.55. The standard InChI is InChI=1S/C3H3F3O4S/c4-3(5,6)11(9,10)2(8)1-7/h1-2,8H. The van der Waals surface area contributed by atoms with Crippen LogP contribution >= 0.6 is 0 Å². The number of aliphatic hydroxyl groups is 1. The molecule has 0 aliphatic heterocycles. The first kappa shape index (κ1) is 10.4. The van der Waals surface area contributed by atoms with Crippen molar-refractivity contribution in [3.05, 3.63) is 0 Å². The number of aldehydes is 1. The molecule has 1 N–H and O–H groups in total. The largest absolute Gasteiger partial charge is 0.500 e. The van der Waals surface area contributed by atoms with Gasteiger partial charge in [0.2, 0.25) is 5.44 Å². The van der Waals surface area contributed by atoms with Crippen molar-refractivity contribution in [3.63, 3.8) is 0 Å². The number of hydrogen-bond donors (Lipinski definition) is 1. The molecule has 0 saturated carbocycles. The van der Waals surface area contributed by atoms with Gasteiger partial charge in [-0.1, -0.05) is 0 Å². The molecule has 0 aromatic carbocycles. The summed E-state index contributed by atoms with van der Waals surface area (Å²) in [7, 11) is -5.74. The first-order valence-electron chi connectivity index (χ1n) is 2.17. The first-order chi connectivity index (χ1) is 4.73. The maximum atomic E-state index is 11.4. The molecule has 11 heavy (non-hydrogen) atoms. The van der Waals surface area contributed by atoms with Crippen molar-refractivity contribution in [2.45, 2.75) is 10.9 Å². The highest BCUT2D eigenvalue weighted by Crippen LogP contribution is 2.25. The van der Waals surface area contributed by atoms with Crippen LogP contribution in [0.3, 0.4) is 0 Å². The number of carbonyl (C=O) groups is 1. The predicted octanol–water partition coefficient (Wildman–Crippen LogP) is -0.562. The number of rotatable bonds is 2. The lowest BCUT2D eigenvalue weighted by atomic mass is 10.8. The van der Waals surface area contributed by atoms with Crippen molar-refractivity contribution in [3.8, 4) is 0 Å². The molecule has 0 rings (SSSR count). The molecule has 0 aromatic heterocycles. The van der Waals surface area contributed by atoms with Gasteiger partial charge in [-0.25, -0.2) is 8.42 Å². The zero-order valence-corrected chi connectivity index (χ0v) is 5.69. The van der Waals surface area contributed by atoms with Gasteiger partial charge in [0.15, 0.2) is 6.29 Å². The van der Waals surface area contributed by atoms with Gasteiger partial charge >= 0.3 is 5.51 Å². The van der Waals surface area contributed by atoms with E-state index in [0.29, 0.717) is 0 Å². The first-order valence-corrected chi connectivity index (χ1v) is 3.71. The fourth-order valence-electron chi connectivity index (χ4n) is 0.210. The molecule has 0 aliphatic rings. The quantitative estimate of drug-likeness (QED) is 0.595. The molecule has 8 heteroatoms. The van der Waals surface area contributed by atoms with E-state index in [0.717, 1.165) is 0 Å². The van der Waals surface area contributed by atoms with Crippen LogP contribution in [-0.4, -0.2) is 30.8 Å². The van der Waals surface area contributed by atoms with Gasteiger partial charge in [0.05, 0.1) is 0 Å². The van der Waals surface area contributed by atoms with Gasteiger partial charge in [-0.2, -0.15) is 13.2 Å². The van der Waals surface area contributed by atoms with Crippen molar-refractivity contribution < 1.29 is 31.5 Å². The van der Waals surface area contributed by atoms with Crippen LogP contribution in [0.5, 0.6) is 0 Å². The summed E-state index contributed by atoms with van der Waals surface area (Å²) in [5.41, 5.74) is -8.62. The number of hydrogen-bond acceptors (Lipinski definition) is 4. The maximum Gasteiger partial charge on any atom is 0.500 e. The van der Waals surface area contributed by atoms with Gasteiger partial charge in [-0.15, -0.1) is 0 Å². The Balaban J connectivity index is 4.91. The summed E-state index contributed by atoms with van der Waals surface area (Å²) in [5, 5.41) is 8.05. The van der Waals surface area contributed by atoms with Crippen LogP contribution in [0.15, 0.2) is 0 Å². The fraction of sp³-hybridized carbons (Fsp3) is 0.667. The van der Waals surface area contributed by atoms with Crippen LogP contribution in [0.25, 0.3) is 0 Å². The minimum absolute atomic E-state index is 0.706. The molecule has 1 unspecified atom stereocenters. The molecule has 0 radical (unpaired) electrons. The molecule has 0 spiro atoms. The number of carbonyl (C=O) groups excluding carboxylic acids is 1. The average Bonchev–Trinajstić information content (AvgIpc) is 1.83. The van der Waals surface area contributed by atoms with Crippen molar-refractivity contribution >= 4 is 16.1 Å². The molecule has 0 aromatic rings. The predicted molar refractivity (Wildman–Crippen MR) is 27.0 cm³/mol. The third kappa shape index (κ3) is 1.90. The molecule has 0 saturated heterocycles. The fourth-order valence-corrected chi connectivity index (χ4v) is 0.630. The normalized spacial score (nSPS) is 16.0. The molecule has 4 nitrogen and oxygen atoms in total. The minimum Gasteiger partial charge on any atom is -0.371 e. The lowest BCUT2D eigenvalue weighted by Gasteiger charge is -2.07. The third-order valence-corrected chi connectivity index (χ3v) is 2.15. The Bertz CT molecular complexity index is 240. The maximum absolute atomic E-state index is 11.4. The van der Waals surface area contributed by atoms with E-state index in [1.54, 1.807) is 0 Å². The van der Waals surface area contributed by atoms with Crippen molar-refractivity contribution in [1.82, 2.24) is 0 Å². The molecule has 0 amide bonds. The van der Waals surface area contributed by atoms with Gasteiger partial charge in [-0.3, -0.25) is 4.79 Å². The van der Waals surface area contributed by atoms with E-state index in [1.165, 1.54) is 0 Å². The zero-order valence-electron chi connectivity index (χ0n) is 4.87. The van der Waals surface area contributed by atoms with Crippen molar-refractivity contribution in [2.75, 3.05) is 0 Å². The number of halogens is 3. The second-order valence-electron chi connectivity index (χ2n) is 1.52. The number of sulfone groups is 1. The van der Waals surface area contributed by atoms with E-state index >= 15 is 0 Å². The van der Waals surface area contributed by atoms with Gasteiger partial charge in [0, 0.05) is 0 Å². The van der Waals surface area contributed by atoms with E-state index in [9.17, 15) is 26.4 Å². The summed E-state index contributed by atoms with van der Waals surface area (Å²) in [6, 6.07) is 0. The Hall–Kier alpha value is -0.630. The topological polar surface area (TPSA) is 71.4 Å². The van der Waals surface area contributed by atoms with Gasteiger partial charge in [-0.05, 0) is 0 Å². The third-order valence-electron chi connectivity index (χ3n) is 0.757. The number of alkyl halides is 3. The Labute approximate surface area is 59.5 Å². The highest BCUT2D eigenvalue weighted by Gasteiger charge is 2.50. The van der Waals surface area contributed by atoms with Crippen LogP contribution < -0.4 is 0 Å². The summed E-state index contributed by atoms with van der Waals surface area (Å²) in [4.78, 5) is 9.47. The molecule has 0 bridgehead atoms. The zero-order chi connectivity index (χ0) is 9.28. The Morgan fingerprint density at radius 3 is 1.82 bits per heavy atom. The SMILES string of the molecule is O=CC(O)S(=O)(=O)C(F)(F)F. The Kier molecular flexibility index (Phi) is 2.62. The molecule has 1 atom stereocenters. The van der Waals surface area contributed by atoms with Crippen LogP contribution in [0.1, 0.15) is 0 Å². The molecule has 0 aliphatic carbocycles. The monoisotopic (exact) mass is 192 g/mol. The molecular weight excluding hydrogens is 189 g/mol.